The standard InChI is InChI=1S/C40H25NO2/c1-3-10-26(11-4-1)27-18-20-32-33-15-9-16-34-35(22-23-37(40(33)34)43-38(32)24-27)41(28-12-5-2-6-13-28)29-19-21-31-30-14-7-8-17-36(30)42-39(31)25-29/h1-25H. The van der Waals surface area contributed by atoms with Crippen molar-refractivity contribution in [1.29, 1.82) is 0 Å². The number of ether oxygens (including phenoxy) is 1. The number of furan rings is 1. The summed E-state index contributed by atoms with van der Waals surface area (Å²) >= 11 is 0. The molecule has 8 aromatic rings. The smallest absolute Gasteiger partial charge is 0.137 e. The van der Waals surface area contributed by atoms with Gasteiger partial charge in [0.1, 0.15) is 22.7 Å². The fourth-order valence-electron chi connectivity index (χ4n) is 6.48. The lowest BCUT2D eigenvalue weighted by atomic mass is 9.92. The van der Waals surface area contributed by atoms with Crippen molar-refractivity contribution in [3.63, 3.8) is 0 Å². The molecule has 0 bridgehead atoms. The van der Waals surface area contributed by atoms with Crippen LogP contribution >= 0.6 is 0 Å². The summed E-state index contributed by atoms with van der Waals surface area (Å²) in [6, 6.07) is 53.0. The molecule has 7 aromatic carbocycles. The van der Waals surface area contributed by atoms with E-state index in [-0.39, 0.29) is 0 Å². The Morgan fingerprint density at radius 1 is 0.419 bits per heavy atom. The number of anilines is 3. The molecule has 3 nitrogen and oxygen atoms in total. The lowest BCUT2D eigenvalue weighted by Gasteiger charge is -2.29. The first kappa shape index (κ1) is 23.9. The van der Waals surface area contributed by atoms with E-state index < -0.39 is 0 Å². The topological polar surface area (TPSA) is 25.6 Å². The van der Waals surface area contributed by atoms with Crippen LogP contribution in [0.15, 0.2) is 156 Å². The minimum atomic E-state index is 0.868. The van der Waals surface area contributed by atoms with Gasteiger partial charge in [-0.3, -0.25) is 0 Å². The summed E-state index contributed by atoms with van der Waals surface area (Å²) in [6.45, 7) is 0. The predicted molar refractivity (Wildman–Crippen MR) is 177 cm³/mol. The van der Waals surface area contributed by atoms with Crippen molar-refractivity contribution < 1.29 is 9.15 Å². The molecule has 3 heteroatoms. The van der Waals surface area contributed by atoms with Gasteiger partial charge in [0.25, 0.3) is 0 Å². The number of nitrogens with zero attached hydrogens (tertiary/aromatic N) is 1. The summed E-state index contributed by atoms with van der Waals surface area (Å²) in [5.74, 6) is 1.75. The van der Waals surface area contributed by atoms with Gasteiger partial charge in [-0.05, 0) is 71.3 Å². The van der Waals surface area contributed by atoms with E-state index in [0.29, 0.717) is 0 Å². The van der Waals surface area contributed by atoms with E-state index >= 15 is 0 Å². The molecule has 9 rings (SSSR count). The number of hydrogen-bond donors (Lipinski definition) is 0. The van der Waals surface area contributed by atoms with Crippen LogP contribution in [0.1, 0.15) is 0 Å². The number of rotatable bonds is 4. The van der Waals surface area contributed by atoms with Gasteiger partial charge in [0.2, 0.25) is 0 Å². The second-order valence-corrected chi connectivity index (χ2v) is 10.9. The normalized spacial score (nSPS) is 11.9. The minimum Gasteiger partial charge on any atom is -0.456 e. The second kappa shape index (κ2) is 9.37. The summed E-state index contributed by atoms with van der Waals surface area (Å²) in [7, 11) is 0. The van der Waals surface area contributed by atoms with E-state index in [0.717, 1.165) is 72.4 Å². The molecule has 1 aliphatic heterocycles. The van der Waals surface area contributed by atoms with Crippen molar-refractivity contribution >= 4 is 49.8 Å². The molecular formula is C40H25NO2. The molecule has 0 aliphatic carbocycles. The molecule has 0 fully saturated rings. The molecule has 0 radical (unpaired) electrons. The Hall–Kier alpha value is -5.80. The van der Waals surface area contributed by atoms with Crippen LogP contribution in [0.4, 0.5) is 17.1 Å². The van der Waals surface area contributed by atoms with E-state index in [1.165, 1.54) is 11.1 Å². The third kappa shape index (κ3) is 3.75. The average Bonchev–Trinajstić information content (AvgIpc) is 3.44. The van der Waals surface area contributed by atoms with Crippen LogP contribution in [0, 0.1) is 0 Å². The molecular weight excluding hydrogens is 526 g/mol. The molecule has 0 unspecified atom stereocenters. The van der Waals surface area contributed by atoms with Gasteiger partial charge >= 0.3 is 0 Å². The summed E-state index contributed by atoms with van der Waals surface area (Å²) in [5.41, 5.74) is 9.54. The number of benzene rings is 7. The second-order valence-electron chi connectivity index (χ2n) is 10.9. The van der Waals surface area contributed by atoms with Gasteiger partial charge in [-0.1, -0.05) is 91.0 Å². The summed E-state index contributed by atoms with van der Waals surface area (Å²) < 4.78 is 12.9. The third-order valence-electron chi connectivity index (χ3n) is 8.45. The Labute approximate surface area is 248 Å². The molecule has 0 spiro atoms. The van der Waals surface area contributed by atoms with Crippen LogP contribution in [0.2, 0.25) is 0 Å². The van der Waals surface area contributed by atoms with Gasteiger partial charge < -0.3 is 14.1 Å². The molecule has 0 N–H and O–H groups in total. The van der Waals surface area contributed by atoms with Crippen molar-refractivity contribution in [3.05, 3.63) is 152 Å². The molecule has 43 heavy (non-hydrogen) atoms. The van der Waals surface area contributed by atoms with Crippen molar-refractivity contribution in [2.75, 3.05) is 4.90 Å². The molecule has 0 saturated heterocycles. The Morgan fingerprint density at radius 2 is 1.19 bits per heavy atom. The van der Waals surface area contributed by atoms with Crippen molar-refractivity contribution in [3.8, 4) is 33.8 Å². The van der Waals surface area contributed by atoms with Gasteiger partial charge in [0.05, 0.1) is 5.69 Å². The van der Waals surface area contributed by atoms with E-state index in [4.69, 9.17) is 9.15 Å². The fraction of sp³-hybridized carbons (Fsp3) is 0. The summed E-state index contributed by atoms with van der Waals surface area (Å²) in [6.07, 6.45) is 0. The maximum absolute atomic E-state index is 6.62. The Bertz CT molecular complexity index is 2320. The highest BCUT2D eigenvalue weighted by molar-refractivity contribution is 6.11. The third-order valence-corrected chi connectivity index (χ3v) is 8.45. The van der Waals surface area contributed by atoms with Gasteiger partial charge in [0, 0.05) is 44.5 Å². The van der Waals surface area contributed by atoms with Gasteiger partial charge in [-0.2, -0.15) is 0 Å². The first-order valence-corrected chi connectivity index (χ1v) is 14.5. The van der Waals surface area contributed by atoms with E-state index in [1.807, 2.05) is 18.2 Å². The van der Waals surface area contributed by atoms with Gasteiger partial charge in [-0.15, -0.1) is 0 Å². The molecule has 0 amide bonds. The van der Waals surface area contributed by atoms with E-state index in [2.05, 4.69) is 138 Å². The highest BCUT2D eigenvalue weighted by Crippen LogP contribution is 2.51. The average molecular weight is 552 g/mol. The van der Waals surface area contributed by atoms with E-state index in [9.17, 15) is 0 Å². The molecule has 1 aromatic heterocycles. The van der Waals surface area contributed by atoms with Crippen LogP contribution in [0.5, 0.6) is 11.5 Å². The quantitative estimate of drug-likeness (QED) is 0.218. The van der Waals surface area contributed by atoms with Crippen LogP contribution in [0.25, 0.3) is 55.0 Å². The van der Waals surface area contributed by atoms with Crippen LogP contribution in [-0.2, 0) is 0 Å². The fourth-order valence-corrected chi connectivity index (χ4v) is 6.48. The molecule has 0 saturated carbocycles. The Kier molecular flexibility index (Phi) is 5.20. The van der Waals surface area contributed by atoms with Crippen molar-refractivity contribution in [2.45, 2.75) is 0 Å². The zero-order chi connectivity index (χ0) is 28.3. The van der Waals surface area contributed by atoms with E-state index in [1.54, 1.807) is 0 Å². The zero-order valence-corrected chi connectivity index (χ0v) is 23.2. The van der Waals surface area contributed by atoms with Gasteiger partial charge in [-0.25, -0.2) is 0 Å². The summed E-state index contributed by atoms with van der Waals surface area (Å²) in [5, 5.41) is 4.49. The zero-order valence-electron chi connectivity index (χ0n) is 23.2. The summed E-state index contributed by atoms with van der Waals surface area (Å²) in [4.78, 5) is 2.31. The first-order chi connectivity index (χ1) is 21.3. The molecule has 202 valence electrons. The van der Waals surface area contributed by atoms with Crippen molar-refractivity contribution in [1.82, 2.24) is 0 Å². The Balaban J connectivity index is 1.24. The van der Waals surface area contributed by atoms with Crippen LogP contribution in [0.3, 0.4) is 0 Å². The lowest BCUT2D eigenvalue weighted by molar-refractivity contribution is 0.487. The number of fused-ring (bicyclic) bond motifs is 5. The van der Waals surface area contributed by atoms with Crippen LogP contribution < -0.4 is 9.64 Å². The minimum absolute atomic E-state index is 0.868. The largest absolute Gasteiger partial charge is 0.456 e. The maximum Gasteiger partial charge on any atom is 0.137 e. The molecule has 2 heterocycles. The monoisotopic (exact) mass is 551 g/mol. The highest BCUT2D eigenvalue weighted by Gasteiger charge is 2.24. The molecule has 0 atom stereocenters. The predicted octanol–water partition coefficient (Wildman–Crippen LogP) is 11.6. The van der Waals surface area contributed by atoms with Gasteiger partial charge in [0.15, 0.2) is 0 Å². The SMILES string of the molecule is c1ccc(-c2ccc3c(c2)Oc2ccc(N(c4ccccc4)c4ccc5c(c4)oc4ccccc45)c4cccc-3c24)cc1. The number of hydrogen-bond acceptors (Lipinski definition) is 3. The Morgan fingerprint density at radius 3 is 2.07 bits per heavy atom. The highest BCUT2D eigenvalue weighted by atomic mass is 16.5. The van der Waals surface area contributed by atoms with Crippen molar-refractivity contribution in [2.24, 2.45) is 0 Å². The molecule has 1 aliphatic rings. The number of para-hydroxylation sites is 2. The lowest BCUT2D eigenvalue weighted by Crippen LogP contribution is -2.11. The maximum atomic E-state index is 6.62. The first-order valence-electron chi connectivity index (χ1n) is 14.5. The van der Waals surface area contributed by atoms with Crippen LogP contribution in [-0.4, -0.2) is 0 Å².